The molecule has 2 rings (SSSR count). The van der Waals surface area contributed by atoms with Crippen LogP contribution in [-0.2, 0) is 17.8 Å². The summed E-state index contributed by atoms with van der Waals surface area (Å²) in [5.41, 5.74) is 3.32. The maximum absolute atomic E-state index is 10.9. The summed E-state index contributed by atoms with van der Waals surface area (Å²) in [4.78, 5) is 10.9. The molecule has 0 amide bonds. The SMILES string of the molecule is CCc1c(C)c2ccccc2n1CC(=O)O. The molecule has 1 heterocycles. The fraction of sp³-hybridized carbons (Fsp3) is 0.308. The first kappa shape index (κ1) is 10.7. The zero-order chi connectivity index (χ0) is 11.7. The van der Waals surface area contributed by atoms with Crippen molar-refractivity contribution in [1.82, 2.24) is 4.57 Å². The van der Waals surface area contributed by atoms with Crippen molar-refractivity contribution in [2.45, 2.75) is 26.8 Å². The molecule has 0 radical (unpaired) electrons. The Labute approximate surface area is 94.3 Å². The van der Waals surface area contributed by atoms with Gasteiger partial charge in [-0.25, -0.2) is 0 Å². The monoisotopic (exact) mass is 217 g/mol. The van der Waals surface area contributed by atoms with Gasteiger partial charge in [0.25, 0.3) is 0 Å². The minimum Gasteiger partial charge on any atom is -0.480 e. The van der Waals surface area contributed by atoms with Crippen LogP contribution in [0.3, 0.4) is 0 Å². The van der Waals surface area contributed by atoms with Crippen LogP contribution < -0.4 is 0 Å². The topological polar surface area (TPSA) is 42.2 Å². The summed E-state index contributed by atoms with van der Waals surface area (Å²) >= 11 is 0. The van der Waals surface area contributed by atoms with E-state index in [1.807, 2.05) is 28.8 Å². The second kappa shape index (κ2) is 4.00. The lowest BCUT2D eigenvalue weighted by Crippen LogP contribution is -2.11. The first-order valence-corrected chi connectivity index (χ1v) is 5.43. The van der Waals surface area contributed by atoms with Crippen LogP contribution in [0.15, 0.2) is 24.3 Å². The molecule has 0 fully saturated rings. The van der Waals surface area contributed by atoms with Gasteiger partial charge in [0.05, 0.1) is 0 Å². The second-order valence-corrected chi connectivity index (χ2v) is 3.92. The lowest BCUT2D eigenvalue weighted by molar-refractivity contribution is -0.137. The normalized spacial score (nSPS) is 10.9. The van der Waals surface area contributed by atoms with E-state index >= 15 is 0 Å². The summed E-state index contributed by atoms with van der Waals surface area (Å²) in [5, 5.41) is 10.1. The Morgan fingerprint density at radius 3 is 2.69 bits per heavy atom. The van der Waals surface area contributed by atoms with Crippen molar-refractivity contribution in [3.8, 4) is 0 Å². The van der Waals surface area contributed by atoms with Gasteiger partial charge in [0.2, 0.25) is 0 Å². The van der Waals surface area contributed by atoms with E-state index in [-0.39, 0.29) is 6.54 Å². The molecule has 84 valence electrons. The Balaban J connectivity index is 2.72. The van der Waals surface area contributed by atoms with Gasteiger partial charge < -0.3 is 9.67 Å². The van der Waals surface area contributed by atoms with E-state index in [9.17, 15) is 4.79 Å². The number of fused-ring (bicyclic) bond motifs is 1. The number of aliphatic carboxylic acids is 1. The van der Waals surface area contributed by atoms with E-state index in [0.29, 0.717) is 0 Å². The van der Waals surface area contributed by atoms with Crippen LogP contribution in [0.4, 0.5) is 0 Å². The molecular weight excluding hydrogens is 202 g/mol. The molecule has 0 saturated carbocycles. The lowest BCUT2D eigenvalue weighted by atomic mass is 10.1. The smallest absolute Gasteiger partial charge is 0.323 e. The molecule has 0 bridgehead atoms. The maximum atomic E-state index is 10.9. The third-order valence-electron chi connectivity index (χ3n) is 2.99. The predicted molar refractivity (Wildman–Crippen MR) is 63.7 cm³/mol. The molecule has 0 spiro atoms. The molecule has 0 aliphatic carbocycles. The third kappa shape index (κ3) is 1.58. The number of nitrogens with zero attached hydrogens (tertiary/aromatic N) is 1. The largest absolute Gasteiger partial charge is 0.480 e. The van der Waals surface area contributed by atoms with Crippen molar-refractivity contribution >= 4 is 16.9 Å². The van der Waals surface area contributed by atoms with Gasteiger partial charge in [-0.3, -0.25) is 4.79 Å². The molecule has 3 heteroatoms. The number of para-hydroxylation sites is 1. The van der Waals surface area contributed by atoms with Gasteiger partial charge in [-0.1, -0.05) is 25.1 Å². The van der Waals surface area contributed by atoms with Crippen molar-refractivity contribution in [2.24, 2.45) is 0 Å². The van der Waals surface area contributed by atoms with Gasteiger partial charge in [-0.15, -0.1) is 0 Å². The molecule has 0 atom stereocenters. The minimum atomic E-state index is -0.796. The summed E-state index contributed by atoms with van der Waals surface area (Å²) in [6, 6.07) is 7.95. The van der Waals surface area contributed by atoms with Crippen LogP contribution in [0.5, 0.6) is 0 Å². The Morgan fingerprint density at radius 1 is 1.38 bits per heavy atom. The molecule has 0 aliphatic heterocycles. The molecule has 3 nitrogen and oxygen atoms in total. The molecular formula is C13H15NO2. The van der Waals surface area contributed by atoms with E-state index in [1.54, 1.807) is 0 Å². The van der Waals surface area contributed by atoms with Gasteiger partial charge in [0.1, 0.15) is 6.54 Å². The molecule has 1 N–H and O–H groups in total. The number of hydrogen-bond acceptors (Lipinski definition) is 1. The number of aromatic nitrogens is 1. The first-order chi connectivity index (χ1) is 7.65. The zero-order valence-corrected chi connectivity index (χ0v) is 9.53. The molecule has 16 heavy (non-hydrogen) atoms. The fourth-order valence-electron chi connectivity index (χ4n) is 2.30. The summed E-state index contributed by atoms with van der Waals surface area (Å²) in [6.07, 6.45) is 0.855. The van der Waals surface area contributed by atoms with Crippen molar-refractivity contribution in [3.05, 3.63) is 35.5 Å². The van der Waals surface area contributed by atoms with Gasteiger partial charge in [-0.05, 0) is 25.0 Å². The van der Waals surface area contributed by atoms with Gasteiger partial charge in [0, 0.05) is 16.6 Å². The van der Waals surface area contributed by atoms with Gasteiger partial charge in [0.15, 0.2) is 0 Å². The van der Waals surface area contributed by atoms with Crippen molar-refractivity contribution in [2.75, 3.05) is 0 Å². The Bertz CT molecular complexity index is 540. The molecule has 1 aromatic carbocycles. The summed E-state index contributed by atoms with van der Waals surface area (Å²) in [7, 11) is 0. The highest BCUT2D eigenvalue weighted by Gasteiger charge is 2.13. The van der Waals surface area contributed by atoms with Gasteiger partial charge in [-0.2, -0.15) is 0 Å². The molecule has 0 unspecified atom stereocenters. The summed E-state index contributed by atoms with van der Waals surface area (Å²) in [6.45, 7) is 4.15. The average molecular weight is 217 g/mol. The fourth-order valence-corrected chi connectivity index (χ4v) is 2.30. The first-order valence-electron chi connectivity index (χ1n) is 5.43. The van der Waals surface area contributed by atoms with E-state index < -0.39 is 5.97 Å². The molecule has 2 aromatic rings. The Morgan fingerprint density at radius 2 is 2.06 bits per heavy atom. The van der Waals surface area contributed by atoms with Crippen molar-refractivity contribution in [1.29, 1.82) is 0 Å². The molecule has 0 saturated heterocycles. The summed E-state index contributed by atoms with van der Waals surface area (Å²) in [5.74, 6) is -0.796. The number of carbonyl (C=O) groups is 1. The van der Waals surface area contributed by atoms with Crippen LogP contribution in [0.25, 0.3) is 10.9 Å². The number of rotatable bonds is 3. The maximum Gasteiger partial charge on any atom is 0.323 e. The van der Waals surface area contributed by atoms with Crippen LogP contribution in [0.1, 0.15) is 18.2 Å². The zero-order valence-electron chi connectivity index (χ0n) is 9.53. The number of carboxylic acid groups (broad SMARTS) is 1. The quantitative estimate of drug-likeness (QED) is 0.858. The van der Waals surface area contributed by atoms with Crippen molar-refractivity contribution < 1.29 is 9.90 Å². The second-order valence-electron chi connectivity index (χ2n) is 3.92. The van der Waals surface area contributed by atoms with Crippen LogP contribution in [-0.4, -0.2) is 15.6 Å². The molecule has 0 aliphatic rings. The van der Waals surface area contributed by atoms with Gasteiger partial charge >= 0.3 is 5.97 Å². The summed E-state index contributed by atoms with van der Waals surface area (Å²) < 4.78 is 1.90. The highest BCUT2D eigenvalue weighted by atomic mass is 16.4. The van der Waals surface area contributed by atoms with E-state index in [2.05, 4.69) is 13.8 Å². The highest BCUT2D eigenvalue weighted by molar-refractivity contribution is 5.86. The van der Waals surface area contributed by atoms with Crippen LogP contribution in [0, 0.1) is 6.92 Å². The van der Waals surface area contributed by atoms with Crippen molar-refractivity contribution in [3.63, 3.8) is 0 Å². The van der Waals surface area contributed by atoms with E-state index in [0.717, 1.165) is 23.0 Å². The minimum absolute atomic E-state index is 0.0392. The number of benzene rings is 1. The third-order valence-corrected chi connectivity index (χ3v) is 2.99. The standard InChI is InChI=1S/C13H15NO2/c1-3-11-9(2)10-6-4-5-7-12(10)14(11)8-13(15)16/h4-7H,3,8H2,1-2H3,(H,15,16). The number of aryl methyl sites for hydroxylation is 1. The number of carboxylic acids is 1. The number of hydrogen-bond donors (Lipinski definition) is 1. The Hall–Kier alpha value is -1.77. The molecule has 1 aromatic heterocycles. The van der Waals surface area contributed by atoms with Crippen LogP contribution in [0.2, 0.25) is 0 Å². The van der Waals surface area contributed by atoms with E-state index in [1.165, 1.54) is 5.56 Å². The van der Waals surface area contributed by atoms with Crippen LogP contribution >= 0.6 is 0 Å². The average Bonchev–Trinajstić information content (AvgIpc) is 2.52. The Kier molecular flexibility index (Phi) is 2.69. The highest BCUT2D eigenvalue weighted by Crippen LogP contribution is 2.25. The lowest BCUT2D eigenvalue weighted by Gasteiger charge is -2.06. The van der Waals surface area contributed by atoms with E-state index in [4.69, 9.17) is 5.11 Å². The predicted octanol–water partition coefficient (Wildman–Crippen LogP) is 2.60.